The second kappa shape index (κ2) is 17.0. The molecule has 0 heterocycles. The lowest BCUT2D eigenvalue weighted by atomic mass is 10.1. The zero-order valence-electron chi connectivity index (χ0n) is 14.6. The third kappa shape index (κ3) is 18.6. The van der Waals surface area contributed by atoms with Crippen LogP contribution < -0.4 is 0 Å². The molecule has 0 bridgehead atoms. The van der Waals surface area contributed by atoms with Crippen molar-refractivity contribution in [3.63, 3.8) is 0 Å². The van der Waals surface area contributed by atoms with E-state index in [2.05, 4.69) is 31.2 Å². The summed E-state index contributed by atoms with van der Waals surface area (Å²) in [6.45, 7) is 2.20. The van der Waals surface area contributed by atoms with E-state index in [4.69, 9.17) is 5.11 Å². The predicted molar refractivity (Wildman–Crippen MR) is 97.5 cm³/mol. The van der Waals surface area contributed by atoms with Crippen molar-refractivity contribution in [3.8, 4) is 0 Å². The van der Waals surface area contributed by atoms with Gasteiger partial charge < -0.3 is 10.2 Å². The van der Waals surface area contributed by atoms with Gasteiger partial charge in [0.25, 0.3) is 0 Å². The van der Waals surface area contributed by atoms with Gasteiger partial charge in [-0.05, 0) is 51.4 Å². The van der Waals surface area contributed by atoms with Crippen LogP contribution in [0.15, 0.2) is 36.5 Å². The normalized spacial score (nSPS) is 13.5. The Hall–Kier alpha value is -1.35. The summed E-state index contributed by atoms with van der Waals surface area (Å²) in [5.74, 6) is -0.728. The molecule has 0 aliphatic carbocycles. The highest BCUT2D eigenvalue weighted by Gasteiger charge is 1.99. The van der Waals surface area contributed by atoms with Crippen molar-refractivity contribution in [2.45, 2.75) is 83.7 Å². The van der Waals surface area contributed by atoms with Crippen LogP contribution in [0.4, 0.5) is 0 Å². The van der Waals surface area contributed by atoms with Crippen molar-refractivity contribution >= 4 is 5.97 Å². The number of allylic oxidation sites excluding steroid dienone is 5. The molecule has 3 heteroatoms. The van der Waals surface area contributed by atoms with Crippen LogP contribution in [0.3, 0.4) is 0 Å². The molecule has 0 amide bonds. The van der Waals surface area contributed by atoms with Crippen LogP contribution in [0, 0.1) is 0 Å². The number of carboxylic acid groups (broad SMARTS) is 1. The molecular formula is C20H34O3. The zero-order valence-corrected chi connectivity index (χ0v) is 14.6. The molecule has 0 fully saturated rings. The lowest BCUT2D eigenvalue weighted by Gasteiger charge is -2.05. The van der Waals surface area contributed by atoms with E-state index in [0.29, 0.717) is 6.42 Å². The minimum atomic E-state index is -0.728. The minimum Gasteiger partial charge on any atom is -0.481 e. The van der Waals surface area contributed by atoms with Gasteiger partial charge in [-0.2, -0.15) is 0 Å². The van der Waals surface area contributed by atoms with Crippen molar-refractivity contribution < 1.29 is 15.0 Å². The van der Waals surface area contributed by atoms with Gasteiger partial charge in [0.15, 0.2) is 0 Å². The molecule has 1 atom stereocenters. The lowest BCUT2D eigenvalue weighted by Crippen LogP contribution is -2.03. The average Bonchev–Trinajstić information content (AvgIpc) is 2.52. The van der Waals surface area contributed by atoms with Gasteiger partial charge >= 0.3 is 5.97 Å². The molecule has 0 aromatic heterocycles. The zero-order chi connectivity index (χ0) is 17.2. The van der Waals surface area contributed by atoms with Crippen LogP contribution in [0.25, 0.3) is 0 Å². The maximum Gasteiger partial charge on any atom is 0.303 e. The summed E-state index contributed by atoms with van der Waals surface area (Å²) in [4.78, 5) is 10.3. The first kappa shape index (κ1) is 21.6. The second-order valence-electron chi connectivity index (χ2n) is 5.90. The topological polar surface area (TPSA) is 57.5 Å². The molecule has 0 unspecified atom stereocenters. The Morgan fingerprint density at radius 1 is 0.913 bits per heavy atom. The smallest absolute Gasteiger partial charge is 0.303 e. The Morgan fingerprint density at radius 2 is 1.57 bits per heavy atom. The first-order chi connectivity index (χ1) is 11.2. The van der Waals surface area contributed by atoms with Gasteiger partial charge in [0.05, 0.1) is 6.10 Å². The van der Waals surface area contributed by atoms with E-state index in [9.17, 15) is 9.90 Å². The van der Waals surface area contributed by atoms with Crippen LogP contribution in [-0.4, -0.2) is 22.3 Å². The van der Waals surface area contributed by atoms with Crippen LogP contribution >= 0.6 is 0 Å². The molecule has 2 N–H and O–H groups in total. The average molecular weight is 322 g/mol. The van der Waals surface area contributed by atoms with Crippen molar-refractivity contribution in [1.82, 2.24) is 0 Å². The van der Waals surface area contributed by atoms with E-state index in [1.165, 1.54) is 19.3 Å². The van der Waals surface area contributed by atoms with Gasteiger partial charge in [-0.1, -0.05) is 56.2 Å². The molecular weight excluding hydrogens is 288 g/mol. The third-order valence-electron chi connectivity index (χ3n) is 3.58. The Labute approximate surface area is 141 Å². The summed E-state index contributed by atoms with van der Waals surface area (Å²) < 4.78 is 0. The van der Waals surface area contributed by atoms with E-state index >= 15 is 0 Å². The van der Waals surface area contributed by atoms with E-state index < -0.39 is 5.97 Å². The molecule has 0 saturated carbocycles. The maximum absolute atomic E-state index is 10.3. The molecule has 0 spiro atoms. The number of hydrogen-bond donors (Lipinski definition) is 2. The fraction of sp³-hybridized carbons (Fsp3) is 0.650. The van der Waals surface area contributed by atoms with Gasteiger partial charge in [0, 0.05) is 6.42 Å². The highest BCUT2D eigenvalue weighted by atomic mass is 16.4. The summed E-state index contributed by atoms with van der Waals surface area (Å²) in [5, 5.41) is 18.4. The van der Waals surface area contributed by atoms with E-state index in [-0.39, 0.29) is 12.5 Å². The summed E-state index contributed by atoms with van der Waals surface area (Å²) in [7, 11) is 0. The van der Waals surface area contributed by atoms with Gasteiger partial charge in [0.1, 0.15) is 0 Å². The first-order valence-corrected chi connectivity index (χ1v) is 9.01. The van der Waals surface area contributed by atoms with Crippen LogP contribution in [0.2, 0.25) is 0 Å². The monoisotopic (exact) mass is 322 g/mol. The molecule has 0 aliphatic rings. The molecule has 0 aromatic carbocycles. The van der Waals surface area contributed by atoms with Crippen molar-refractivity contribution in [3.05, 3.63) is 36.5 Å². The Balaban J connectivity index is 3.47. The molecule has 23 heavy (non-hydrogen) atoms. The van der Waals surface area contributed by atoms with Gasteiger partial charge in [-0.15, -0.1) is 0 Å². The molecule has 0 saturated heterocycles. The van der Waals surface area contributed by atoms with Crippen LogP contribution in [-0.2, 0) is 4.79 Å². The number of unbranched alkanes of at least 4 members (excludes halogenated alkanes) is 4. The maximum atomic E-state index is 10.3. The largest absolute Gasteiger partial charge is 0.481 e. The molecule has 0 aromatic rings. The van der Waals surface area contributed by atoms with Crippen molar-refractivity contribution in [2.75, 3.05) is 0 Å². The number of carbonyl (C=O) groups is 1. The molecule has 0 rings (SSSR count). The van der Waals surface area contributed by atoms with E-state index in [0.717, 1.165) is 38.5 Å². The number of hydrogen-bond acceptors (Lipinski definition) is 2. The molecule has 3 nitrogen and oxygen atoms in total. The Morgan fingerprint density at radius 3 is 2.26 bits per heavy atom. The molecule has 0 aliphatic heterocycles. The van der Waals surface area contributed by atoms with Gasteiger partial charge in [-0.25, -0.2) is 0 Å². The predicted octanol–water partition coefficient (Wildman–Crippen LogP) is 5.41. The number of aliphatic carboxylic acids is 1. The SMILES string of the molecule is CCCC/C=C\C/C=C\CC[C@H](O)C/C=C\CCCCC(=O)O. The highest BCUT2D eigenvalue weighted by Crippen LogP contribution is 2.06. The summed E-state index contributed by atoms with van der Waals surface area (Å²) in [6.07, 6.45) is 22.3. The van der Waals surface area contributed by atoms with Crippen LogP contribution in [0.5, 0.6) is 0 Å². The summed E-state index contributed by atoms with van der Waals surface area (Å²) >= 11 is 0. The van der Waals surface area contributed by atoms with Gasteiger partial charge in [-0.3, -0.25) is 4.79 Å². The summed E-state index contributed by atoms with van der Waals surface area (Å²) in [6, 6.07) is 0. The summed E-state index contributed by atoms with van der Waals surface area (Å²) in [5.41, 5.74) is 0. The van der Waals surface area contributed by atoms with Gasteiger partial charge in [0.2, 0.25) is 0 Å². The minimum absolute atomic E-state index is 0.247. The number of aliphatic hydroxyl groups is 1. The first-order valence-electron chi connectivity index (χ1n) is 9.01. The van der Waals surface area contributed by atoms with E-state index in [1.807, 2.05) is 12.2 Å². The Kier molecular flexibility index (Phi) is 16.0. The quantitative estimate of drug-likeness (QED) is 0.313. The fourth-order valence-corrected chi connectivity index (χ4v) is 2.14. The second-order valence-corrected chi connectivity index (χ2v) is 5.90. The Bertz CT molecular complexity index is 356. The van der Waals surface area contributed by atoms with Crippen molar-refractivity contribution in [1.29, 1.82) is 0 Å². The molecule has 132 valence electrons. The third-order valence-corrected chi connectivity index (χ3v) is 3.58. The standard InChI is InChI=1S/C20H34O3/c1-2-3-4-5-6-7-8-10-13-16-19(21)17-14-11-9-12-15-18-20(22)23/h5-6,8,10-11,14,19,21H,2-4,7,9,12-13,15-18H2,1H3,(H,22,23)/b6-5-,10-8-,14-11-/t19-/m0/s1. The number of rotatable bonds is 15. The molecule has 0 radical (unpaired) electrons. The fourth-order valence-electron chi connectivity index (χ4n) is 2.14. The van der Waals surface area contributed by atoms with E-state index in [1.54, 1.807) is 0 Å². The lowest BCUT2D eigenvalue weighted by molar-refractivity contribution is -0.137. The highest BCUT2D eigenvalue weighted by molar-refractivity contribution is 5.66. The van der Waals surface area contributed by atoms with Crippen LogP contribution in [0.1, 0.15) is 77.6 Å². The number of aliphatic hydroxyl groups excluding tert-OH is 1. The van der Waals surface area contributed by atoms with Crippen molar-refractivity contribution in [2.24, 2.45) is 0 Å². The number of carboxylic acids is 1.